The molecule has 0 aromatic heterocycles. The number of rotatable bonds is 8. The molecule has 0 amide bonds. The van der Waals surface area contributed by atoms with E-state index in [4.69, 9.17) is 4.74 Å². The highest BCUT2D eigenvalue weighted by Gasteiger charge is 2.15. The maximum Gasteiger partial charge on any atom is 0.0547 e. The lowest BCUT2D eigenvalue weighted by Gasteiger charge is -2.16. The van der Waals surface area contributed by atoms with E-state index in [1.807, 2.05) is 0 Å². The summed E-state index contributed by atoms with van der Waals surface area (Å²) in [6.45, 7) is 8.72. The Balaban J connectivity index is 1.91. The van der Waals surface area contributed by atoms with E-state index in [0.717, 1.165) is 19.1 Å². The van der Waals surface area contributed by atoms with Crippen molar-refractivity contribution in [2.24, 2.45) is 5.92 Å². The number of ether oxygens (including phenoxy) is 1. The third kappa shape index (κ3) is 6.49. The van der Waals surface area contributed by atoms with Gasteiger partial charge in [0.15, 0.2) is 0 Å². The van der Waals surface area contributed by atoms with Crippen LogP contribution in [-0.4, -0.2) is 25.3 Å². The lowest BCUT2D eigenvalue weighted by Crippen LogP contribution is -2.24. The third-order valence-corrected chi connectivity index (χ3v) is 3.43. The molecule has 1 fully saturated rings. The van der Waals surface area contributed by atoms with Crippen LogP contribution in [0.15, 0.2) is 0 Å². The average molecular weight is 227 g/mol. The molecule has 1 saturated carbocycles. The van der Waals surface area contributed by atoms with Crippen LogP contribution >= 0.6 is 0 Å². The first-order chi connectivity index (χ1) is 7.68. The molecule has 0 bridgehead atoms. The van der Waals surface area contributed by atoms with Gasteiger partial charge in [0.1, 0.15) is 0 Å². The first-order valence-corrected chi connectivity index (χ1v) is 7.03. The van der Waals surface area contributed by atoms with Crippen molar-refractivity contribution in [1.82, 2.24) is 5.32 Å². The molecule has 0 spiro atoms. The van der Waals surface area contributed by atoms with Gasteiger partial charge in [-0.3, -0.25) is 0 Å². The van der Waals surface area contributed by atoms with E-state index in [0.29, 0.717) is 12.1 Å². The summed E-state index contributed by atoms with van der Waals surface area (Å²) in [5, 5.41) is 3.44. The second-order valence-electron chi connectivity index (χ2n) is 5.55. The van der Waals surface area contributed by atoms with Crippen molar-refractivity contribution in [2.45, 2.75) is 71.4 Å². The monoisotopic (exact) mass is 227 g/mol. The van der Waals surface area contributed by atoms with E-state index < -0.39 is 0 Å². The van der Waals surface area contributed by atoms with E-state index in [1.165, 1.54) is 38.5 Å². The van der Waals surface area contributed by atoms with E-state index in [2.05, 4.69) is 26.1 Å². The van der Waals surface area contributed by atoms with E-state index in [1.54, 1.807) is 0 Å². The van der Waals surface area contributed by atoms with Gasteiger partial charge in [0.05, 0.1) is 6.10 Å². The molecule has 1 unspecified atom stereocenters. The van der Waals surface area contributed by atoms with Crippen LogP contribution in [0, 0.1) is 5.92 Å². The molecular weight excluding hydrogens is 198 g/mol. The second-order valence-corrected chi connectivity index (χ2v) is 5.55. The molecule has 2 nitrogen and oxygen atoms in total. The quantitative estimate of drug-likeness (QED) is 0.642. The summed E-state index contributed by atoms with van der Waals surface area (Å²) >= 11 is 0. The predicted octanol–water partition coefficient (Wildman–Crippen LogP) is 3.36. The lowest BCUT2D eigenvalue weighted by molar-refractivity contribution is 0.0355. The molecule has 96 valence electrons. The number of hydrogen-bond acceptors (Lipinski definition) is 2. The van der Waals surface area contributed by atoms with Crippen LogP contribution in [0.1, 0.15) is 59.3 Å². The molecule has 1 atom stereocenters. The maximum atomic E-state index is 5.91. The Kier molecular flexibility index (Phi) is 7.06. The zero-order valence-electron chi connectivity index (χ0n) is 11.3. The van der Waals surface area contributed by atoms with Crippen molar-refractivity contribution in [3.05, 3.63) is 0 Å². The predicted molar refractivity (Wildman–Crippen MR) is 69.7 cm³/mol. The molecule has 0 aromatic carbocycles. The van der Waals surface area contributed by atoms with Crippen LogP contribution in [0.4, 0.5) is 0 Å². The van der Waals surface area contributed by atoms with E-state index in [-0.39, 0.29) is 0 Å². The van der Waals surface area contributed by atoms with Crippen molar-refractivity contribution in [2.75, 3.05) is 13.2 Å². The molecular formula is C14H29NO. The van der Waals surface area contributed by atoms with Gasteiger partial charge >= 0.3 is 0 Å². The molecule has 0 radical (unpaired) electrons. The minimum absolute atomic E-state index is 0.439. The Labute approximate surface area is 101 Å². The minimum atomic E-state index is 0.439. The number of nitrogens with one attached hydrogen (secondary N) is 1. The van der Waals surface area contributed by atoms with Gasteiger partial charge < -0.3 is 10.1 Å². The highest BCUT2D eigenvalue weighted by molar-refractivity contribution is 4.67. The highest BCUT2D eigenvalue weighted by atomic mass is 16.5. The van der Waals surface area contributed by atoms with Crippen molar-refractivity contribution in [1.29, 1.82) is 0 Å². The van der Waals surface area contributed by atoms with Crippen LogP contribution in [0.5, 0.6) is 0 Å². The Morgan fingerprint density at radius 3 is 2.50 bits per heavy atom. The topological polar surface area (TPSA) is 21.3 Å². The zero-order valence-corrected chi connectivity index (χ0v) is 11.3. The molecule has 1 rings (SSSR count). The summed E-state index contributed by atoms with van der Waals surface area (Å²) in [6, 6.07) is 0.606. The molecule has 16 heavy (non-hydrogen) atoms. The van der Waals surface area contributed by atoms with Gasteiger partial charge in [-0.25, -0.2) is 0 Å². The fourth-order valence-corrected chi connectivity index (χ4v) is 2.34. The highest BCUT2D eigenvalue weighted by Crippen LogP contribution is 2.25. The SMILES string of the molecule is CC(C)NCCCC(C)OCC1CCCC1. The standard InChI is InChI=1S/C14H29NO/c1-12(2)15-10-6-7-13(3)16-11-14-8-4-5-9-14/h12-15H,4-11H2,1-3H3. The second kappa shape index (κ2) is 8.08. The molecule has 1 N–H and O–H groups in total. The van der Waals surface area contributed by atoms with Gasteiger partial charge in [-0.1, -0.05) is 26.7 Å². The zero-order chi connectivity index (χ0) is 11.8. The van der Waals surface area contributed by atoms with Crippen molar-refractivity contribution in [3.8, 4) is 0 Å². The third-order valence-electron chi connectivity index (χ3n) is 3.43. The van der Waals surface area contributed by atoms with Crippen molar-refractivity contribution < 1.29 is 4.74 Å². The molecule has 0 aromatic rings. The van der Waals surface area contributed by atoms with Crippen LogP contribution in [0.25, 0.3) is 0 Å². The Bertz CT molecular complexity index is 164. The first kappa shape index (κ1) is 14.0. The fourth-order valence-electron chi connectivity index (χ4n) is 2.34. The Morgan fingerprint density at radius 2 is 1.88 bits per heavy atom. The van der Waals surface area contributed by atoms with Gasteiger partial charge in [0.2, 0.25) is 0 Å². The maximum absolute atomic E-state index is 5.91. The minimum Gasteiger partial charge on any atom is -0.378 e. The van der Waals surface area contributed by atoms with Crippen LogP contribution in [0.2, 0.25) is 0 Å². The summed E-state index contributed by atoms with van der Waals surface area (Å²) in [4.78, 5) is 0. The van der Waals surface area contributed by atoms with Gasteiger partial charge in [0.25, 0.3) is 0 Å². The summed E-state index contributed by atoms with van der Waals surface area (Å²) < 4.78 is 5.91. The first-order valence-electron chi connectivity index (χ1n) is 7.03. The molecule has 0 saturated heterocycles. The van der Waals surface area contributed by atoms with Crippen LogP contribution in [0.3, 0.4) is 0 Å². The van der Waals surface area contributed by atoms with Crippen LogP contribution in [-0.2, 0) is 4.74 Å². The molecule has 2 heteroatoms. The average Bonchev–Trinajstić information content (AvgIpc) is 2.74. The summed E-state index contributed by atoms with van der Waals surface area (Å²) in [7, 11) is 0. The number of hydrogen-bond donors (Lipinski definition) is 1. The molecule has 0 aliphatic heterocycles. The Hall–Kier alpha value is -0.0800. The summed E-state index contributed by atoms with van der Waals surface area (Å²) in [6.07, 6.45) is 8.47. The van der Waals surface area contributed by atoms with Gasteiger partial charge in [-0.15, -0.1) is 0 Å². The molecule has 1 aliphatic rings. The normalized spacial score (nSPS) is 19.5. The van der Waals surface area contributed by atoms with Gasteiger partial charge in [-0.05, 0) is 45.1 Å². The van der Waals surface area contributed by atoms with E-state index in [9.17, 15) is 0 Å². The molecule has 1 aliphatic carbocycles. The summed E-state index contributed by atoms with van der Waals surface area (Å²) in [5.74, 6) is 0.858. The molecule has 0 heterocycles. The largest absolute Gasteiger partial charge is 0.378 e. The smallest absolute Gasteiger partial charge is 0.0547 e. The van der Waals surface area contributed by atoms with Gasteiger partial charge in [0, 0.05) is 12.6 Å². The van der Waals surface area contributed by atoms with Crippen LogP contribution < -0.4 is 5.32 Å². The van der Waals surface area contributed by atoms with Crippen molar-refractivity contribution in [3.63, 3.8) is 0 Å². The Morgan fingerprint density at radius 1 is 1.19 bits per heavy atom. The fraction of sp³-hybridized carbons (Fsp3) is 1.00. The van der Waals surface area contributed by atoms with Gasteiger partial charge in [-0.2, -0.15) is 0 Å². The lowest BCUT2D eigenvalue weighted by atomic mass is 10.1. The summed E-state index contributed by atoms with van der Waals surface area (Å²) in [5.41, 5.74) is 0. The van der Waals surface area contributed by atoms with E-state index >= 15 is 0 Å². The van der Waals surface area contributed by atoms with Crippen molar-refractivity contribution >= 4 is 0 Å².